The number of aliphatic carboxylic acids is 1. The topological polar surface area (TPSA) is 58.6 Å². The van der Waals surface area contributed by atoms with Crippen molar-refractivity contribution in [2.24, 2.45) is 0 Å². The third kappa shape index (κ3) is 4.21. The summed E-state index contributed by atoms with van der Waals surface area (Å²) in [6, 6.07) is 13.4. The third-order valence-electron chi connectivity index (χ3n) is 3.03. The molecular weight excluding hydrogens is 290 g/mol. The fourth-order valence-corrected chi connectivity index (χ4v) is 2.10. The predicted molar refractivity (Wildman–Crippen MR) is 82.6 cm³/mol. The number of carbonyl (C=O) groups is 1. The quantitative estimate of drug-likeness (QED) is 0.854. The van der Waals surface area contributed by atoms with E-state index >= 15 is 0 Å². The molecular formula is C16H16ClNO3. The second kappa shape index (κ2) is 7.11. The van der Waals surface area contributed by atoms with E-state index in [2.05, 4.69) is 5.32 Å². The van der Waals surface area contributed by atoms with Crippen LogP contribution in [0.3, 0.4) is 0 Å². The van der Waals surface area contributed by atoms with E-state index in [4.69, 9.17) is 16.3 Å². The Hall–Kier alpha value is -2.04. The Bertz CT molecular complexity index is 596. The van der Waals surface area contributed by atoms with Gasteiger partial charge in [-0.25, -0.2) is 4.79 Å². The Morgan fingerprint density at radius 1 is 1.19 bits per heavy atom. The molecule has 0 aliphatic carbocycles. The summed E-state index contributed by atoms with van der Waals surface area (Å²) in [7, 11) is 1.62. The summed E-state index contributed by atoms with van der Waals surface area (Å²) < 4.78 is 5.04. The second-order valence-electron chi connectivity index (χ2n) is 4.60. The van der Waals surface area contributed by atoms with Gasteiger partial charge in [-0.2, -0.15) is 0 Å². The molecule has 1 atom stereocenters. The van der Waals surface area contributed by atoms with Crippen LogP contribution in [-0.4, -0.2) is 18.2 Å². The van der Waals surface area contributed by atoms with Crippen LogP contribution in [0.15, 0.2) is 48.5 Å². The molecule has 0 aliphatic rings. The van der Waals surface area contributed by atoms with E-state index in [0.29, 0.717) is 22.9 Å². The van der Waals surface area contributed by atoms with Gasteiger partial charge in [0.2, 0.25) is 0 Å². The molecule has 4 nitrogen and oxygen atoms in total. The summed E-state index contributed by atoms with van der Waals surface area (Å²) in [5.41, 5.74) is 2.38. The standard InChI is InChI=1S/C16H16ClNO3/c1-21-10-11-2-4-12(5-3-11)15(16(19)20)18-14-8-6-13(17)7-9-14/h2-9,15,18H,10H2,1H3,(H,19,20). The van der Waals surface area contributed by atoms with Crippen molar-refractivity contribution in [3.8, 4) is 0 Å². The average Bonchev–Trinajstić information content (AvgIpc) is 2.48. The van der Waals surface area contributed by atoms with E-state index in [1.54, 1.807) is 43.5 Å². The number of nitrogens with one attached hydrogen (secondary N) is 1. The number of rotatable bonds is 6. The first-order valence-corrected chi connectivity index (χ1v) is 6.80. The van der Waals surface area contributed by atoms with Crippen LogP contribution in [0, 0.1) is 0 Å². The van der Waals surface area contributed by atoms with Gasteiger partial charge in [0, 0.05) is 17.8 Å². The van der Waals surface area contributed by atoms with E-state index in [9.17, 15) is 9.90 Å². The monoisotopic (exact) mass is 305 g/mol. The molecule has 21 heavy (non-hydrogen) atoms. The van der Waals surface area contributed by atoms with Gasteiger partial charge in [0.25, 0.3) is 0 Å². The van der Waals surface area contributed by atoms with Gasteiger partial charge in [0.05, 0.1) is 6.61 Å². The van der Waals surface area contributed by atoms with Gasteiger partial charge in [-0.3, -0.25) is 0 Å². The summed E-state index contributed by atoms with van der Waals surface area (Å²) in [4.78, 5) is 11.5. The van der Waals surface area contributed by atoms with Gasteiger partial charge in [-0.15, -0.1) is 0 Å². The van der Waals surface area contributed by atoms with Crippen molar-refractivity contribution in [2.45, 2.75) is 12.6 Å². The molecule has 0 radical (unpaired) electrons. The molecule has 0 saturated heterocycles. The zero-order valence-electron chi connectivity index (χ0n) is 11.5. The van der Waals surface area contributed by atoms with E-state index in [1.165, 1.54) is 0 Å². The minimum absolute atomic E-state index is 0.503. The Kier molecular flexibility index (Phi) is 5.20. The van der Waals surface area contributed by atoms with Crippen molar-refractivity contribution >= 4 is 23.3 Å². The average molecular weight is 306 g/mol. The van der Waals surface area contributed by atoms with Crippen LogP contribution in [-0.2, 0) is 16.1 Å². The molecule has 2 aromatic carbocycles. The number of carboxylic acids is 1. The van der Waals surface area contributed by atoms with E-state index in [-0.39, 0.29) is 0 Å². The lowest BCUT2D eigenvalue weighted by Gasteiger charge is -2.16. The molecule has 0 spiro atoms. The van der Waals surface area contributed by atoms with Crippen molar-refractivity contribution in [1.29, 1.82) is 0 Å². The van der Waals surface area contributed by atoms with Crippen LogP contribution in [0.1, 0.15) is 17.2 Å². The first-order valence-electron chi connectivity index (χ1n) is 6.43. The SMILES string of the molecule is COCc1ccc(C(Nc2ccc(Cl)cc2)C(=O)O)cc1. The Morgan fingerprint density at radius 2 is 1.81 bits per heavy atom. The molecule has 1 unspecified atom stereocenters. The molecule has 0 saturated carbocycles. The smallest absolute Gasteiger partial charge is 0.330 e. The third-order valence-corrected chi connectivity index (χ3v) is 3.28. The molecule has 2 N–H and O–H groups in total. The molecule has 2 rings (SSSR count). The first-order chi connectivity index (χ1) is 10.1. The minimum atomic E-state index is -0.940. The van der Waals surface area contributed by atoms with Crippen molar-refractivity contribution in [1.82, 2.24) is 0 Å². The molecule has 0 aromatic heterocycles. The highest BCUT2D eigenvalue weighted by Crippen LogP contribution is 2.22. The van der Waals surface area contributed by atoms with Gasteiger partial charge in [-0.05, 0) is 35.4 Å². The summed E-state index contributed by atoms with van der Waals surface area (Å²) >= 11 is 5.82. The summed E-state index contributed by atoms with van der Waals surface area (Å²) in [5, 5.41) is 13.0. The van der Waals surface area contributed by atoms with E-state index in [1.807, 2.05) is 12.1 Å². The highest BCUT2D eigenvalue weighted by molar-refractivity contribution is 6.30. The molecule has 0 amide bonds. The number of benzene rings is 2. The Balaban J connectivity index is 2.18. The van der Waals surface area contributed by atoms with E-state index in [0.717, 1.165) is 5.56 Å². The molecule has 110 valence electrons. The van der Waals surface area contributed by atoms with Crippen LogP contribution in [0.2, 0.25) is 5.02 Å². The minimum Gasteiger partial charge on any atom is -0.479 e. The van der Waals surface area contributed by atoms with Crippen LogP contribution >= 0.6 is 11.6 Å². The largest absolute Gasteiger partial charge is 0.479 e. The molecule has 0 aliphatic heterocycles. The number of ether oxygens (including phenoxy) is 1. The number of hydrogen-bond donors (Lipinski definition) is 2. The number of hydrogen-bond acceptors (Lipinski definition) is 3. The lowest BCUT2D eigenvalue weighted by molar-refractivity contribution is -0.138. The molecule has 0 bridgehead atoms. The summed E-state index contributed by atoms with van der Waals surface area (Å²) in [6.45, 7) is 0.503. The van der Waals surface area contributed by atoms with Gasteiger partial charge >= 0.3 is 5.97 Å². The number of methoxy groups -OCH3 is 1. The fraction of sp³-hybridized carbons (Fsp3) is 0.188. The van der Waals surface area contributed by atoms with Gasteiger partial charge in [0.1, 0.15) is 0 Å². The number of anilines is 1. The lowest BCUT2D eigenvalue weighted by atomic mass is 10.0. The van der Waals surface area contributed by atoms with Crippen LogP contribution < -0.4 is 5.32 Å². The Morgan fingerprint density at radius 3 is 2.33 bits per heavy atom. The highest BCUT2D eigenvalue weighted by Gasteiger charge is 2.19. The maximum absolute atomic E-state index is 11.5. The highest BCUT2D eigenvalue weighted by atomic mass is 35.5. The van der Waals surface area contributed by atoms with Gasteiger partial charge in [0.15, 0.2) is 6.04 Å². The van der Waals surface area contributed by atoms with Gasteiger partial charge < -0.3 is 15.2 Å². The molecule has 5 heteroatoms. The van der Waals surface area contributed by atoms with Crippen molar-refractivity contribution in [2.75, 3.05) is 12.4 Å². The van der Waals surface area contributed by atoms with Crippen LogP contribution in [0.4, 0.5) is 5.69 Å². The fourth-order valence-electron chi connectivity index (χ4n) is 1.97. The second-order valence-corrected chi connectivity index (χ2v) is 5.03. The van der Waals surface area contributed by atoms with Crippen molar-refractivity contribution in [3.05, 3.63) is 64.7 Å². The zero-order chi connectivity index (χ0) is 15.2. The number of carboxylic acid groups (broad SMARTS) is 1. The van der Waals surface area contributed by atoms with Crippen LogP contribution in [0.5, 0.6) is 0 Å². The van der Waals surface area contributed by atoms with Crippen LogP contribution in [0.25, 0.3) is 0 Å². The normalized spacial score (nSPS) is 11.9. The van der Waals surface area contributed by atoms with Gasteiger partial charge in [-0.1, -0.05) is 35.9 Å². The maximum atomic E-state index is 11.5. The summed E-state index contributed by atoms with van der Waals surface area (Å²) in [6.07, 6.45) is 0. The van der Waals surface area contributed by atoms with Crippen molar-refractivity contribution < 1.29 is 14.6 Å². The molecule has 0 fully saturated rings. The first kappa shape index (κ1) is 15.4. The molecule has 0 heterocycles. The summed E-state index contributed by atoms with van der Waals surface area (Å²) in [5.74, 6) is -0.940. The maximum Gasteiger partial charge on any atom is 0.330 e. The number of halogens is 1. The Labute approximate surface area is 128 Å². The zero-order valence-corrected chi connectivity index (χ0v) is 12.3. The predicted octanol–water partition coefficient (Wildman–Crippen LogP) is 3.72. The van der Waals surface area contributed by atoms with Crippen molar-refractivity contribution in [3.63, 3.8) is 0 Å². The molecule has 2 aromatic rings. The lowest BCUT2D eigenvalue weighted by Crippen LogP contribution is -2.20. The van der Waals surface area contributed by atoms with E-state index < -0.39 is 12.0 Å².